The van der Waals surface area contributed by atoms with E-state index in [1.165, 1.54) is 72.8 Å². The third-order valence-corrected chi connectivity index (χ3v) is 16.4. The third kappa shape index (κ3) is 5.77. The number of ether oxygens (including phenoxy) is 1. The minimum Gasteiger partial charge on any atom is -0.481 e. The molecule has 70 heavy (non-hydrogen) atoms. The quantitative estimate of drug-likeness (QED) is 0.165. The molecule has 0 amide bonds. The van der Waals surface area contributed by atoms with Crippen LogP contribution in [0.25, 0.3) is 67.2 Å². The fraction of sp³-hybridized carbons (Fsp3) is 0.215. The number of benzene rings is 6. The average Bonchev–Trinajstić information content (AvgIpc) is 3.91. The second-order valence-corrected chi connectivity index (χ2v) is 22.5. The van der Waals surface area contributed by atoms with Crippen molar-refractivity contribution in [2.24, 2.45) is 0 Å². The lowest BCUT2D eigenvalue weighted by Gasteiger charge is -2.30. The molecule has 2 aliphatic carbocycles. The Hall–Kier alpha value is -7.81. The fourth-order valence-corrected chi connectivity index (χ4v) is 12.9. The van der Waals surface area contributed by atoms with Gasteiger partial charge in [0.2, 0.25) is 23.1 Å². The number of anilines is 2. The molecule has 6 aliphatic rings. The van der Waals surface area contributed by atoms with Gasteiger partial charge >= 0.3 is 0 Å². The zero-order valence-electron chi connectivity index (χ0n) is 40.5. The predicted octanol–water partition coefficient (Wildman–Crippen LogP) is 14.0. The molecular weight excluding hydrogens is 853 g/mol. The van der Waals surface area contributed by atoms with E-state index in [0.717, 1.165) is 40.2 Å². The minimum absolute atomic E-state index is 0.0457. The molecule has 0 N–H and O–H groups in total. The molecule has 6 aromatic carbocycles. The van der Waals surface area contributed by atoms with E-state index in [0.29, 0.717) is 5.56 Å². The topological polar surface area (TPSA) is 44.0 Å². The number of hydrogen-bond donors (Lipinski definition) is 0. The lowest BCUT2D eigenvalue weighted by atomic mass is 9.77. The van der Waals surface area contributed by atoms with E-state index in [1.54, 1.807) is 0 Å². The molecule has 0 bridgehead atoms. The molecule has 5 atom stereocenters. The van der Waals surface area contributed by atoms with Gasteiger partial charge in [-0.25, -0.2) is 0 Å². The van der Waals surface area contributed by atoms with Crippen molar-refractivity contribution in [3.8, 4) is 79.0 Å². The van der Waals surface area contributed by atoms with E-state index in [4.69, 9.17) is 4.74 Å². The number of rotatable bonds is 4. The van der Waals surface area contributed by atoms with E-state index < -0.39 is 0 Å². The van der Waals surface area contributed by atoms with E-state index in [2.05, 4.69) is 226 Å². The van der Waals surface area contributed by atoms with Crippen LogP contribution < -0.4 is 18.8 Å². The molecule has 1 spiro atoms. The highest BCUT2D eigenvalue weighted by Crippen LogP contribution is 2.67. The maximum absolute atomic E-state index is 10.8. The number of para-hydroxylation sites is 2. The normalized spacial score (nSPS) is 21.2. The largest absolute Gasteiger partial charge is 0.481 e. The minimum atomic E-state index is -0.310. The SMILES string of the molecule is CC(C)(C)c1cc(-c2cc3[n+]4c(c2)-c2cccc5c2C2(C[n+]6ccc(-c7cccc8c7N(c7ccccc7)C7C=CC=CC87)cc6-5)C(Oc5cc(-c6ccccc6)c(C#N)cc5-3)C42)cc(C(C)(C)C)c1. The van der Waals surface area contributed by atoms with Crippen LogP contribution in [0.3, 0.4) is 0 Å². The van der Waals surface area contributed by atoms with Crippen molar-refractivity contribution in [1.82, 2.24) is 0 Å². The molecule has 338 valence electrons. The third-order valence-electron chi connectivity index (χ3n) is 16.4. The van der Waals surface area contributed by atoms with Crippen LogP contribution in [0, 0.1) is 11.3 Å². The molecule has 1 fully saturated rings. The summed E-state index contributed by atoms with van der Waals surface area (Å²) in [6.07, 6.45) is 11.3. The summed E-state index contributed by atoms with van der Waals surface area (Å²) < 4.78 is 12.6. The second kappa shape index (κ2) is 14.4. The first kappa shape index (κ1) is 41.2. The lowest BCUT2D eigenvalue weighted by Crippen LogP contribution is -2.52. The van der Waals surface area contributed by atoms with E-state index in [1.807, 2.05) is 18.2 Å². The van der Waals surface area contributed by atoms with E-state index in [9.17, 15) is 5.26 Å². The molecule has 6 heterocycles. The van der Waals surface area contributed by atoms with Crippen LogP contribution in [0.15, 0.2) is 182 Å². The first-order chi connectivity index (χ1) is 33.9. The molecule has 0 saturated heterocycles. The maximum Gasteiger partial charge on any atom is 0.217 e. The molecule has 4 aliphatic heterocycles. The highest BCUT2D eigenvalue weighted by Gasteiger charge is 2.83. The fourth-order valence-electron chi connectivity index (χ4n) is 12.9. The van der Waals surface area contributed by atoms with Gasteiger partial charge in [0, 0.05) is 52.6 Å². The first-order valence-electron chi connectivity index (χ1n) is 25.0. The summed E-state index contributed by atoms with van der Waals surface area (Å²) in [5, 5.41) is 10.8. The monoisotopic (exact) mass is 906 g/mol. The number of fused-ring (bicyclic) bond motifs is 8. The van der Waals surface area contributed by atoms with Crippen molar-refractivity contribution < 1.29 is 13.9 Å². The predicted molar refractivity (Wildman–Crippen MR) is 280 cm³/mol. The summed E-state index contributed by atoms with van der Waals surface area (Å²) in [5.74, 6) is 1.11. The average molecular weight is 907 g/mol. The van der Waals surface area contributed by atoms with Gasteiger partial charge in [-0.2, -0.15) is 14.4 Å². The van der Waals surface area contributed by atoms with Gasteiger partial charge < -0.3 is 9.64 Å². The highest BCUT2D eigenvalue weighted by molar-refractivity contribution is 5.91. The van der Waals surface area contributed by atoms with Gasteiger partial charge in [-0.1, -0.05) is 157 Å². The van der Waals surface area contributed by atoms with Gasteiger partial charge in [0.25, 0.3) is 0 Å². The summed E-state index contributed by atoms with van der Waals surface area (Å²) in [5.41, 5.74) is 21.8. The Bertz CT molecular complexity index is 3640. The van der Waals surface area contributed by atoms with E-state index >= 15 is 0 Å². The van der Waals surface area contributed by atoms with Gasteiger partial charge in [0.05, 0.1) is 40.1 Å². The molecule has 5 heteroatoms. The second-order valence-electron chi connectivity index (χ2n) is 22.5. The highest BCUT2D eigenvalue weighted by atomic mass is 16.5. The molecule has 5 unspecified atom stereocenters. The summed E-state index contributed by atoms with van der Waals surface area (Å²) in [6.45, 7) is 14.7. The van der Waals surface area contributed by atoms with Crippen molar-refractivity contribution in [3.63, 3.8) is 0 Å². The Balaban J connectivity index is 0.995. The molecule has 2 aromatic heterocycles. The van der Waals surface area contributed by atoms with Crippen LogP contribution in [-0.2, 0) is 22.8 Å². The van der Waals surface area contributed by atoms with Crippen molar-refractivity contribution in [2.75, 3.05) is 4.90 Å². The molecule has 8 aromatic rings. The van der Waals surface area contributed by atoms with Crippen LogP contribution in [0.4, 0.5) is 11.4 Å². The summed E-state index contributed by atoms with van der Waals surface area (Å²) in [4.78, 5) is 2.56. The molecular formula is C65H54N4O+2. The van der Waals surface area contributed by atoms with Gasteiger partial charge in [0.1, 0.15) is 5.75 Å². The maximum atomic E-state index is 10.8. The van der Waals surface area contributed by atoms with Crippen LogP contribution in [0.1, 0.15) is 81.3 Å². The van der Waals surface area contributed by atoms with Crippen molar-refractivity contribution in [3.05, 3.63) is 210 Å². The molecule has 14 rings (SSSR count). The van der Waals surface area contributed by atoms with Gasteiger partial charge in [-0.3, -0.25) is 0 Å². The Morgan fingerprint density at radius 1 is 0.600 bits per heavy atom. The number of aromatic nitrogens is 2. The van der Waals surface area contributed by atoms with Gasteiger partial charge in [0.15, 0.2) is 24.3 Å². The Labute approximate surface area is 410 Å². The van der Waals surface area contributed by atoms with E-state index in [-0.39, 0.29) is 40.4 Å². The first-order valence-corrected chi connectivity index (χ1v) is 25.0. The Morgan fingerprint density at radius 3 is 1.97 bits per heavy atom. The number of nitriles is 1. The number of allylic oxidation sites excluding steroid dienone is 2. The van der Waals surface area contributed by atoms with Gasteiger partial charge in [-0.05, 0) is 86.2 Å². The standard InChI is InChI=1S/C65H54N4O/c1-63(2,3)44-29-41(30-45(35-44)64(4,5)6)42-33-56-51-25-16-24-50-55-32-40(47-22-15-23-49-48-21-13-14-26-54(48)68(60(47)49)46-19-11-8-12-20-46)27-28-67(55)38-65(59(50)51)61-62(65)70-58-36-52(39-17-9-7-10-18-39)43(37-66)31-53(58)57(34-42)69(56)61/h7-36,48,54,61-62H,38H2,1-6H3/q+2. The zero-order valence-corrected chi connectivity index (χ0v) is 40.5. The van der Waals surface area contributed by atoms with Crippen LogP contribution in [0.2, 0.25) is 0 Å². The summed E-state index contributed by atoms with van der Waals surface area (Å²) in [6, 6.07) is 59.0. The number of nitrogens with zero attached hydrogens (tertiary/aromatic N) is 4. The number of hydrogen-bond acceptors (Lipinski definition) is 3. The van der Waals surface area contributed by atoms with Crippen LogP contribution in [0.5, 0.6) is 5.75 Å². The summed E-state index contributed by atoms with van der Waals surface area (Å²) >= 11 is 0. The molecule has 1 saturated carbocycles. The van der Waals surface area contributed by atoms with Crippen molar-refractivity contribution >= 4 is 11.4 Å². The zero-order chi connectivity index (χ0) is 47.4. The van der Waals surface area contributed by atoms with Gasteiger partial charge in [-0.15, -0.1) is 0 Å². The van der Waals surface area contributed by atoms with Crippen molar-refractivity contribution in [1.29, 1.82) is 5.26 Å². The van der Waals surface area contributed by atoms with Crippen LogP contribution in [-0.4, -0.2) is 12.1 Å². The van der Waals surface area contributed by atoms with Crippen LogP contribution >= 0.6 is 0 Å². The molecule has 0 radical (unpaired) electrons. The van der Waals surface area contributed by atoms with Crippen molar-refractivity contribution in [2.45, 2.75) is 88.4 Å². The Kier molecular flexibility index (Phi) is 8.46. The summed E-state index contributed by atoms with van der Waals surface area (Å²) in [7, 11) is 0. The number of pyridine rings is 2. The lowest BCUT2D eigenvalue weighted by molar-refractivity contribution is -0.716. The molecule has 5 nitrogen and oxygen atoms in total. The smallest absolute Gasteiger partial charge is 0.217 e. The Morgan fingerprint density at radius 2 is 1.24 bits per heavy atom.